The van der Waals surface area contributed by atoms with Crippen molar-refractivity contribution in [3.05, 3.63) is 0 Å². The van der Waals surface area contributed by atoms with Gasteiger partial charge in [-0.25, -0.2) is 0 Å². The molecule has 4 amide bonds. The number of ether oxygens (including phenoxy) is 1. The Bertz CT molecular complexity index is 498. The van der Waals surface area contributed by atoms with Crippen LogP contribution in [0.1, 0.15) is 19.3 Å². The first-order chi connectivity index (χ1) is 16.6. The van der Waals surface area contributed by atoms with E-state index in [1.807, 2.05) is 0 Å². The second-order valence-electron chi connectivity index (χ2n) is 7.77. The number of piperazine rings is 3. The summed E-state index contributed by atoms with van der Waals surface area (Å²) in [4.78, 5) is 41.2. The van der Waals surface area contributed by atoms with Crippen LogP contribution in [0.4, 0.5) is 0 Å². The number of piperidine rings is 1. The van der Waals surface area contributed by atoms with E-state index in [1.165, 1.54) is 0 Å². The van der Waals surface area contributed by atoms with E-state index in [0.29, 0.717) is 6.54 Å². The van der Waals surface area contributed by atoms with E-state index in [9.17, 15) is 19.2 Å². The van der Waals surface area contributed by atoms with E-state index in [-0.39, 0.29) is 36.7 Å². The third-order valence-corrected chi connectivity index (χ3v) is 4.72. The molecule has 34 heavy (non-hydrogen) atoms. The molecule has 0 aromatic carbocycles. The number of hydrogen-bond acceptors (Lipinski definition) is 10. The first kappa shape index (κ1) is 29.9. The van der Waals surface area contributed by atoms with Crippen LogP contribution in [-0.2, 0) is 23.9 Å². The number of nitrogens with one attached hydrogen (secondary N) is 8. The van der Waals surface area contributed by atoms with Gasteiger partial charge >= 0.3 is 0 Å². The molecule has 5 fully saturated rings. The molecule has 0 bridgehead atoms. The molecule has 0 aromatic rings. The van der Waals surface area contributed by atoms with E-state index < -0.39 is 0 Å². The van der Waals surface area contributed by atoms with E-state index in [0.717, 1.165) is 91.4 Å². The zero-order chi connectivity index (χ0) is 24.7. The molecule has 13 nitrogen and oxygen atoms in total. The Morgan fingerprint density at radius 1 is 0.471 bits per heavy atom. The van der Waals surface area contributed by atoms with Crippen LogP contribution < -0.4 is 42.5 Å². The summed E-state index contributed by atoms with van der Waals surface area (Å²) in [6.07, 6.45) is 2.97. The van der Waals surface area contributed by atoms with Crippen LogP contribution in [0.3, 0.4) is 0 Å². The zero-order valence-corrected chi connectivity index (χ0v) is 20.1. The van der Waals surface area contributed by atoms with Gasteiger partial charge in [0.2, 0.25) is 23.6 Å². The van der Waals surface area contributed by atoms with E-state index >= 15 is 0 Å². The molecule has 0 aromatic heterocycles. The topological polar surface area (TPSA) is 174 Å². The summed E-state index contributed by atoms with van der Waals surface area (Å²) < 4.78 is 5.01. The second kappa shape index (κ2) is 21.4. The maximum absolute atomic E-state index is 10.4. The number of imide groups is 1. The van der Waals surface area contributed by atoms with Crippen molar-refractivity contribution in [3.8, 4) is 0 Å². The number of rotatable bonds is 0. The standard InChI is InChI=1S/C5H9NO.C4H6N2O2.C4H8N2O.C4H10N2.C4H9NO/c7-5-3-1-2-4-6-5;7-3-1-5-2-4(8)6-3;7-4-3-5-1-2-6-4;1-2-6-4-3-5-1;1-3-6-4-2-5-1/h1-4H2,(H,6,7);5H,1-2H2,(H,6,7,8);5H,1-3H2,(H,6,7);5-6H,1-4H2;5H,1-4H2. The van der Waals surface area contributed by atoms with Crippen molar-refractivity contribution < 1.29 is 23.9 Å². The molecule has 5 saturated heterocycles. The number of morpholine rings is 1. The number of carbonyl (C=O) groups excluding carboxylic acids is 4. The highest BCUT2D eigenvalue weighted by atomic mass is 16.5. The van der Waals surface area contributed by atoms with Crippen molar-refractivity contribution in [2.75, 3.05) is 91.8 Å². The fourth-order valence-electron chi connectivity index (χ4n) is 2.93. The van der Waals surface area contributed by atoms with Gasteiger partial charge in [-0.1, -0.05) is 0 Å². The Balaban J connectivity index is 0.000000213. The highest BCUT2D eigenvalue weighted by Gasteiger charge is 2.12. The van der Waals surface area contributed by atoms with Crippen LogP contribution in [0.2, 0.25) is 0 Å². The Kier molecular flexibility index (Phi) is 18.8. The predicted molar refractivity (Wildman–Crippen MR) is 128 cm³/mol. The van der Waals surface area contributed by atoms with Crippen LogP contribution >= 0.6 is 0 Å². The molecule has 8 N–H and O–H groups in total. The quantitative estimate of drug-likeness (QED) is 0.158. The summed E-state index contributed by atoms with van der Waals surface area (Å²) in [5.41, 5.74) is 0. The highest BCUT2D eigenvalue weighted by Crippen LogP contribution is 1.98. The molecule has 0 unspecified atom stereocenters. The number of carbonyl (C=O) groups is 4. The summed E-state index contributed by atoms with van der Waals surface area (Å²) in [5, 5.41) is 22.7. The molecule has 5 aliphatic heterocycles. The van der Waals surface area contributed by atoms with E-state index in [1.54, 1.807) is 0 Å². The van der Waals surface area contributed by atoms with Gasteiger partial charge < -0.3 is 36.6 Å². The van der Waals surface area contributed by atoms with Crippen LogP contribution in [-0.4, -0.2) is 115 Å². The Hall–Kier alpha value is -2.16. The van der Waals surface area contributed by atoms with Crippen molar-refractivity contribution >= 4 is 23.6 Å². The molecule has 196 valence electrons. The van der Waals surface area contributed by atoms with Gasteiger partial charge in [-0.2, -0.15) is 0 Å². The van der Waals surface area contributed by atoms with Gasteiger partial charge in [0.15, 0.2) is 0 Å². The molecule has 0 aliphatic carbocycles. The van der Waals surface area contributed by atoms with Crippen molar-refractivity contribution in [1.82, 2.24) is 42.5 Å². The molecule has 5 heterocycles. The van der Waals surface area contributed by atoms with Gasteiger partial charge in [0.1, 0.15) is 0 Å². The SMILES string of the molecule is C1CNCCN1.C1COCCN1.O=C1CCCCN1.O=C1CNCC(=O)N1.O=C1CNCCN1. The summed E-state index contributed by atoms with van der Waals surface area (Å²) >= 11 is 0. The van der Waals surface area contributed by atoms with Gasteiger partial charge in [0.05, 0.1) is 32.8 Å². The first-order valence-electron chi connectivity index (χ1n) is 12.1. The molecule has 0 saturated carbocycles. The van der Waals surface area contributed by atoms with Gasteiger partial charge in [-0.15, -0.1) is 0 Å². The molecule has 13 heteroatoms. The Labute approximate surface area is 201 Å². The van der Waals surface area contributed by atoms with E-state index in [2.05, 4.69) is 42.5 Å². The average molecular weight is 487 g/mol. The van der Waals surface area contributed by atoms with Gasteiger partial charge in [-0.05, 0) is 12.8 Å². The molecule has 0 radical (unpaired) electrons. The van der Waals surface area contributed by atoms with E-state index in [4.69, 9.17) is 4.74 Å². The van der Waals surface area contributed by atoms with Crippen molar-refractivity contribution in [2.24, 2.45) is 0 Å². The molecule has 5 aliphatic rings. The monoisotopic (exact) mass is 486 g/mol. The summed E-state index contributed by atoms with van der Waals surface area (Å²) in [6, 6.07) is 0. The summed E-state index contributed by atoms with van der Waals surface area (Å²) in [6.45, 7) is 12.0. The largest absolute Gasteiger partial charge is 0.379 e. The fourth-order valence-corrected chi connectivity index (χ4v) is 2.93. The lowest BCUT2D eigenvalue weighted by molar-refractivity contribution is -0.132. The lowest BCUT2D eigenvalue weighted by Gasteiger charge is -2.11. The first-order valence-corrected chi connectivity index (χ1v) is 12.1. The van der Waals surface area contributed by atoms with Crippen LogP contribution in [0, 0.1) is 0 Å². The van der Waals surface area contributed by atoms with Crippen molar-refractivity contribution in [2.45, 2.75) is 19.3 Å². The van der Waals surface area contributed by atoms with Gasteiger partial charge in [0.25, 0.3) is 0 Å². The maximum Gasteiger partial charge on any atom is 0.240 e. The van der Waals surface area contributed by atoms with Gasteiger partial charge in [0, 0.05) is 65.3 Å². The molecule has 0 spiro atoms. The molecular formula is C21H42N8O5. The summed E-state index contributed by atoms with van der Waals surface area (Å²) in [7, 11) is 0. The van der Waals surface area contributed by atoms with Gasteiger partial charge in [-0.3, -0.25) is 29.8 Å². The third-order valence-electron chi connectivity index (χ3n) is 4.72. The van der Waals surface area contributed by atoms with Crippen LogP contribution in [0.5, 0.6) is 0 Å². The van der Waals surface area contributed by atoms with Crippen molar-refractivity contribution in [3.63, 3.8) is 0 Å². The number of amides is 4. The predicted octanol–water partition coefficient (Wildman–Crippen LogP) is -3.99. The highest BCUT2D eigenvalue weighted by molar-refractivity contribution is 5.99. The average Bonchev–Trinajstić information content (AvgIpc) is 2.89. The fraction of sp³-hybridized carbons (Fsp3) is 0.810. The minimum absolute atomic E-state index is 0.103. The minimum atomic E-state index is -0.249. The lowest BCUT2D eigenvalue weighted by Crippen LogP contribution is -2.48. The third kappa shape index (κ3) is 19.3. The lowest BCUT2D eigenvalue weighted by atomic mass is 10.2. The molecule has 0 atom stereocenters. The normalized spacial score (nSPS) is 22.1. The number of hydrogen-bond donors (Lipinski definition) is 8. The minimum Gasteiger partial charge on any atom is -0.379 e. The Morgan fingerprint density at radius 3 is 1.24 bits per heavy atom. The van der Waals surface area contributed by atoms with Crippen LogP contribution in [0.15, 0.2) is 0 Å². The van der Waals surface area contributed by atoms with Crippen LogP contribution in [0.25, 0.3) is 0 Å². The smallest absolute Gasteiger partial charge is 0.240 e. The summed E-state index contributed by atoms with van der Waals surface area (Å²) in [5.74, 6) is -0.181. The molecule has 5 rings (SSSR count). The zero-order valence-electron chi connectivity index (χ0n) is 20.1. The van der Waals surface area contributed by atoms with Crippen molar-refractivity contribution in [1.29, 1.82) is 0 Å². The second-order valence-corrected chi connectivity index (χ2v) is 7.77. The Morgan fingerprint density at radius 2 is 1.00 bits per heavy atom. The molecular weight excluding hydrogens is 444 g/mol. The maximum atomic E-state index is 10.4.